The van der Waals surface area contributed by atoms with Crippen molar-refractivity contribution in [2.75, 3.05) is 0 Å². The van der Waals surface area contributed by atoms with Gasteiger partial charge in [-0.2, -0.15) is 0 Å². The fraction of sp³-hybridized carbons (Fsp3) is 0.769. The summed E-state index contributed by atoms with van der Waals surface area (Å²) in [5.41, 5.74) is 0.830. The van der Waals surface area contributed by atoms with Gasteiger partial charge in [0.1, 0.15) is 0 Å². The van der Waals surface area contributed by atoms with Crippen LogP contribution in [-0.4, -0.2) is 26.1 Å². The number of hydrogen-bond donors (Lipinski definition) is 1. The molecule has 0 unspecified atom stereocenters. The molecule has 0 aliphatic rings. The molecule has 1 aromatic rings. The second kappa shape index (κ2) is 7.13. The molecule has 0 aliphatic carbocycles. The third kappa shape index (κ3) is 3.82. The smallest absolute Gasteiger partial charge is 0.358 e. The Bertz CT molecular complexity index is 386. The summed E-state index contributed by atoms with van der Waals surface area (Å²) in [6.07, 6.45) is 5.91. The number of aromatic carboxylic acids is 1. The molecule has 0 spiro atoms. The van der Waals surface area contributed by atoms with Crippen LogP contribution in [0.5, 0.6) is 0 Å². The minimum atomic E-state index is -0.990. The van der Waals surface area contributed by atoms with Gasteiger partial charge in [-0.25, -0.2) is 9.48 Å². The second-order valence-electron chi connectivity index (χ2n) is 4.92. The van der Waals surface area contributed by atoms with Crippen molar-refractivity contribution in [1.29, 1.82) is 0 Å². The molecule has 18 heavy (non-hydrogen) atoms. The maximum atomic E-state index is 11.0. The molecule has 5 nitrogen and oxygen atoms in total. The van der Waals surface area contributed by atoms with E-state index in [0.29, 0.717) is 0 Å². The number of nitrogens with zero attached hydrogens (tertiary/aromatic N) is 3. The quantitative estimate of drug-likeness (QED) is 0.723. The molecule has 0 aromatic carbocycles. The summed E-state index contributed by atoms with van der Waals surface area (Å²) in [5.74, 6) is -0.863. The van der Waals surface area contributed by atoms with E-state index in [1.54, 1.807) is 4.68 Å². The number of aryl methyl sites for hydroxylation is 1. The summed E-state index contributed by atoms with van der Waals surface area (Å²) >= 11 is 0. The first-order chi connectivity index (χ1) is 8.57. The fourth-order valence-corrected chi connectivity index (χ4v) is 2.07. The number of carbonyl (C=O) groups is 1. The Balaban J connectivity index is 2.62. The van der Waals surface area contributed by atoms with Crippen LogP contribution in [0.15, 0.2) is 0 Å². The summed E-state index contributed by atoms with van der Waals surface area (Å²) in [6, 6.07) is 0. The van der Waals surface area contributed by atoms with Gasteiger partial charge in [0.05, 0.1) is 5.69 Å². The van der Waals surface area contributed by atoms with Crippen LogP contribution in [0.1, 0.15) is 75.0 Å². The monoisotopic (exact) mass is 253 g/mol. The molecule has 0 saturated heterocycles. The maximum absolute atomic E-state index is 11.0. The van der Waals surface area contributed by atoms with Crippen molar-refractivity contribution in [2.45, 2.75) is 65.3 Å². The van der Waals surface area contributed by atoms with Crippen LogP contribution in [-0.2, 0) is 6.54 Å². The molecule has 1 aromatic heterocycles. The summed E-state index contributed by atoms with van der Waals surface area (Å²) in [5, 5.41) is 16.8. The summed E-state index contributed by atoms with van der Waals surface area (Å²) < 4.78 is 1.75. The molecule has 0 aliphatic heterocycles. The SMILES string of the molecule is CCCCCCCn1nnc(C(=O)O)c1C(C)C. The van der Waals surface area contributed by atoms with Crippen molar-refractivity contribution in [3.05, 3.63) is 11.4 Å². The van der Waals surface area contributed by atoms with Gasteiger partial charge < -0.3 is 5.11 Å². The van der Waals surface area contributed by atoms with E-state index in [1.165, 1.54) is 19.3 Å². The highest BCUT2D eigenvalue weighted by Gasteiger charge is 2.20. The predicted molar refractivity (Wildman–Crippen MR) is 69.8 cm³/mol. The molecular weight excluding hydrogens is 230 g/mol. The Kier molecular flexibility index (Phi) is 5.82. The highest BCUT2D eigenvalue weighted by atomic mass is 16.4. The fourth-order valence-electron chi connectivity index (χ4n) is 2.07. The molecule has 0 atom stereocenters. The highest BCUT2D eigenvalue weighted by Crippen LogP contribution is 2.18. The van der Waals surface area contributed by atoms with Gasteiger partial charge in [-0.15, -0.1) is 5.10 Å². The average Bonchev–Trinajstić information content (AvgIpc) is 2.72. The van der Waals surface area contributed by atoms with Crippen LogP contribution in [0.4, 0.5) is 0 Å². The average molecular weight is 253 g/mol. The van der Waals surface area contributed by atoms with E-state index in [1.807, 2.05) is 13.8 Å². The van der Waals surface area contributed by atoms with E-state index in [0.717, 1.165) is 25.1 Å². The maximum Gasteiger partial charge on any atom is 0.358 e. The van der Waals surface area contributed by atoms with Gasteiger partial charge in [-0.05, 0) is 12.3 Å². The number of unbranched alkanes of at least 4 members (excludes halogenated alkanes) is 4. The van der Waals surface area contributed by atoms with Gasteiger partial charge >= 0.3 is 5.97 Å². The number of hydrogen-bond acceptors (Lipinski definition) is 3. The van der Waals surface area contributed by atoms with Crippen LogP contribution in [0.2, 0.25) is 0 Å². The molecule has 1 N–H and O–H groups in total. The first-order valence-corrected chi connectivity index (χ1v) is 6.74. The van der Waals surface area contributed by atoms with E-state index in [9.17, 15) is 4.79 Å². The van der Waals surface area contributed by atoms with Crippen molar-refractivity contribution in [2.24, 2.45) is 0 Å². The molecule has 1 rings (SSSR count). The van der Waals surface area contributed by atoms with Crippen LogP contribution in [0.25, 0.3) is 0 Å². The number of carboxylic acids is 1. The lowest BCUT2D eigenvalue weighted by molar-refractivity contribution is 0.0688. The number of carboxylic acid groups (broad SMARTS) is 1. The first kappa shape index (κ1) is 14.7. The molecular formula is C13H23N3O2. The van der Waals surface area contributed by atoms with E-state index >= 15 is 0 Å². The van der Waals surface area contributed by atoms with Crippen molar-refractivity contribution >= 4 is 5.97 Å². The normalized spacial score (nSPS) is 11.1. The van der Waals surface area contributed by atoms with Crippen LogP contribution in [0, 0.1) is 0 Å². The van der Waals surface area contributed by atoms with Gasteiger partial charge in [-0.1, -0.05) is 51.7 Å². The van der Waals surface area contributed by atoms with Gasteiger partial charge in [0, 0.05) is 6.54 Å². The third-order valence-electron chi connectivity index (χ3n) is 3.00. The molecule has 0 amide bonds. The molecule has 102 valence electrons. The molecule has 0 radical (unpaired) electrons. The summed E-state index contributed by atoms with van der Waals surface area (Å²) in [7, 11) is 0. The lowest BCUT2D eigenvalue weighted by Gasteiger charge is -2.09. The van der Waals surface area contributed by atoms with Gasteiger partial charge in [0.2, 0.25) is 0 Å². The van der Waals surface area contributed by atoms with Crippen molar-refractivity contribution in [1.82, 2.24) is 15.0 Å². The third-order valence-corrected chi connectivity index (χ3v) is 3.00. The van der Waals surface area contributed by atoms with Crippen LogP contribution < -0.4 is 0 Å². The number of rotatable bonds is 8. The Morgan fingerprint density at radius 3 is 2.50 bits per heavy atom. The Morgan fingerprint density at radius 2 is 1.94 bits per heavy atom. The molecule has 5 heteroatoms. The second-order valence-corrected chi connectivity index (χ2v) is 4.92. The highest BCUT2D eigenvalue weighted by molar-refractivity contribution is 5.86. The van der Waals surface area contributed by atoms with E-state index in [-0.39, 0.29) is 11.6 Å². The van der Waals surface area contributed by atoms with E-state index in [4.69, 9.17) is 5.11 Å². The molecule has 0 bridgehead atoms. The van der Waals surface area contributed by atoms with E-state index < -0.39 is 5.97 Å². The number of aromatic nitrogens is 3. The van der Waals surface area contributed by atoms with Crippen molar-refractivity contribution in [3.8, 4) is 0 Å². The largest absolute Gasteiger partial charge is 0.476 e. The van der Waals surface area contributed by atoms with Gasteiger partial charge in [-0.3, -0.25) is 0 Å². The zero-order valence-corrected chi connectivity index (χ0v) is 11.5. The Labute approximate surface area is 108 Å². The van der Waals surface area contributed by atoms with Gasteiger partial charge in [0.15, 0.2) is 5.69 Å². The standard InChI is InChI=1S/C13H23N3O2/c1-4-5-6-7-8-9-16-12(10(2)3)11(13(17)18)14-15-16/h10H,4-9H2,1-3H3,(H,17,18). The topological polar surface area (TPSA) is 68.0 Å². The van der Waals surface area contributed by atoms with Crippen LogP contribution in [0.3, 0.4) is 0 Å². The van der Waals surface area contributed by atoms with Crippen LogP contribution >= 0.6 is 0 Å². The van der Waals surface area contributed by atoms with Gasteiger partial charge in [0.25, 0.3) is 0 Å². The van der Waals surface area contributed by atoms with E-state index in [2.05, 4.69) is 17.2 Å². The summed E-state index contributed by atoms with van der Waals surface area (Å²) in [6.45, 7) is 6.89. The molecule has 0 fully saturated rings. The first-order valence-electron chi connectivity index (χ1n) is 6.74. The Hall–Kier alpha value is -1.39. The minimum absolute atomic E-state index is 0.0959. The lowest BCUT2D eigenvalue weighted by atomic mass is 10.1. The molecule has 1 heterocycles. The Morgan fingerprint density at radius 1 is 1.28 bits per heavy atom. The van der Waals surface area contributed by atoms with Crippen molar-refractivity contribution in [3.63, 3.8) is 0 Å². The molecule has 0 saturated carbocycles. The predicted octanol–water partition coefficient (Wildman–Crippen LogP) is 3.07. The zero-order chi connectivity index (χ0) is 13.5. The minimum Gasteiger partial charge on any atom is -0.476 e. The van der Waals surface area contributed by atoms with Crippen molar-refractivity contribution < 1.29 is 9.90 Å². The zero-order valence-electron chi connectivity index (χ0n) is 11.5. The lowest BCUT2D eigenvalue weighted by Crippen LogP contribution is -2.10. The summed E-state index contributed by atoms with van der Waals surface area (Å²) in [4.78, 5) is 11.0.